The number of rotatable bonds is 2. The van der Waals surface area contributed by atoms with E-state index in [9.17, 15) is 9.59 Å². The van der Waals surface area contributed by atoms with Crippen LogP contribution in [0.4, 0.5) is 0 Å². The van der Waals surface area contributed by atoms with Crippen molar-refractivity contribution in [3.05, 3.63) is 0 Å². The molecule has 1 fully saturated rings. The molecule has 0 aromatic carbocycles. The normalized spacial score (nSPS) is 23.1. The van der Waals surface area contributed by atoms with Crippen molar-refractivity contribution in [1.29, 1.82) is 0 Å². The predicted octanol–water partition coefficient (Wildman–Crippen LogP) is 0.208. The van der Waals surface area contributed by atoms with E-state index in [1.165, 1.54) is 18.9 Å². The average molecular weight is 190 g/mol. The van der Waals surface area contributed by atoms with Gasteiger partial charge < -0.3 is 9.47 Å². The van der Waals surface area contributed by atoms with Crippen molar-refractivity contribution >= 4 is 23.7 Å². The van der Waals surface area contributed by atoms with Crippen LogP contribution in [0, 0.1) is 0 Å². The second-order valence-corrected chi connectivity index (χ2v) is 3.62. The maximum absolute atomic E-state index is 11.0. The van der Waals surface area contributed by atoms with Gasteiger partial charge in [-0.2, -0.15) is 0 Å². The smallest absolute Gasteiger partial charge is 0.319 e. The van der Waals surface area contributed by atoms with Gasteiger partial charge >= 0.3 is 11.9 Å². The number of hydrogen-bond acceptors (Lipinski definition) is 5. The van der Waals surface area contributed by atoms with E-state index in [1.807, 2.05) is 0 Å². The lowest BCUT2D eigenvalue weighted by molar-refractivity contribution is -0.148. The molecular formula is C7H10O4S. The molecule has 0 radical (unpaired) electrons. The van der Waals surface area contributed by atoms with Gasteiger partial charge in [0.15, 0.2) is 0 Å². The number of carbonyl (C=O) groups is 2. The topological polar surface area (TPSA) is 52.6 Å². The van der Waals surface area contributed by atoms with Crippen LogP contribution in [0.15, 0.2) is 0 Å². The fourth-order valence-corrected chi connectivity index (χ4v) is 1.79. The average Bonchev–Trinajstić information content (AvgIpc) is 2.09. The number of carbonyl (C=O) groups excluding carboxylic acids is 2. The van der Waals surface area contributed by atoms with Crippen molar-refractivity contribution in [2.24, 2.45) is 0 Å². The van der Waals surface area contributed by atoms with Crippen molar-refractivity contribution in [2.75, 3.05) is 19.5 Å². The molecule has 12 heavy (non-hydrogen) atoms. The fraction of sp³-hybridized carbons (Fsp3) is 0.714. The molecule has 1 atom stereocenters. The summed E-state index contributed by atoms with van der Waals surface area (Å²) in [5, 5.41) is -0.369. The van der Waals surface area contributed by atoms with Crippen LogP contribution in [0.25, 0.3) is 0 Å². The summed E-state index contributed by atoms with van der Waals surface area (Å²) < 4.78 is 9.21. The molecule has 0 aliphatic carbocycles. The van der Waals surface area contributed by atoms with Crippen molar-refractivity contribution in [3.8, 4) is 0 Å². The maximum atomic E-state index is 11.0. The molecule has 0 aromatic rings. The first-order valence-corrected chi connectivity index (χ1v) is 4.64. The van der Waals surface area contributed by atoms with Crippen molar-refractivity contribution in [2.45, 2.75) is 11.7 Å². The largest absolute Gasteiger partial charge is 0.469 e. The molecule has 1 aliphatic heterocycles. The summed E-state index contributed by atoms with van der Waals surface area (Å²) in [6, 6.07) is 0. The summed E-state index contributed by atoms with van der Waals surface area (Å²) in [6.07, 6.45) is 0.111. The third kappa shape index (κ3) is 2.41. The SMILES string of the molecule is COC(=O)CC1SCCOC1=O. The van der Waals surface area contributed by atoms with Crippen molar-refractivity contribution in [1.82, 2.24) is 0 Å². The van der Waals surface area contributed by atoms with Crippen molar-refractivity contribution in [3.63, 3.8) is 0 Å². The van der Waals surface area contributed by atoms with Crippen LogP contribution in [0.3, 0.4) is 0 Å². The Balaban J connectivity index is 2.39. The van der Waals surface area contributed by atoms with Gasteiger partial charge in [-0.05, 0) is 0 Å². The lowest BCUT2D eigenvalue weighted by atomic mass is 10.3. The molecule has 0 amide bonds. The summed E-state index contributed by atoms with van der Waals surface area (Å²) in [4.78, 5) is 21.8. The van der Waals surface area contributed by atoms with Gasteiger partial charge in [-0.3, -0.25) is 9.59 Å². The first kappa shape index (κ1) is 9.38. The van der Waals surface area contributed by atoms with Crippen LogP contribution in [-0.4, -0.2) is 36.7 Å². The standard InChI is InChI=1S/C7H10O4S/c1-10-6(8)4-5-7(9)11-2-3-12-5/h5H,2-4H2,1H3. The Morgan fingerprint density at radius 1 is 1.83 bits per heavy atom. The number of esters is 2. The minimum Gasteiger partial charge on any atom is -0.469 e. The first-order valence-electron chi connectivity index (χ1n) is 3.59. The zero-order chi connectivity index (χ0) is 8.97. The molecular weight excluding hydrogens is 180 g/mol. The van der Waals surface area contributed by atoms with E-state index in [1.54, 1.807) is 0 Å². The zero-order valence-electron chi connectivity index (χ0n) is 6.74. The highest BCUT2D eigenvalue weighted by atomic mass is 32.2. The quantitative estimate of drug-likeness (QED) is 0.582. The third-order valence-corrected chi connectivity index (χ3v) is 2.65. The molecule has 1 saturated heterocycles. The highest BCUT2D eigenvalue weighted by Crippen LogP contribution is 2.20. The van der Waals surface area contributed by atoms with E-state index in [0.717, 1.165) is 5.75 Å². The molecule has 5 heteroatoms. The second-order valence-electron chi connectivity index (χ2n) is 2.31. The minimum atomic E-state index is -0.369. The summed E-state index contributed by atoms with van der Waals surface area (Å²) in [5.41, 5.74) is 0. The third-order valence-electron chi connectivity index (χ3n) is 1.49. The number of thioether (sulfide) groups is 1. The van der Waals surface area contributed by atoms with Gasteiger partial charge in [-0.15, -0.1) is 11.8 Å². The van der Waals surface area contributed by atoms with Crippen LogP contribution in [-0.2, 0) is 19.1 Å². The van der Waals surface area contributed by atoms with Crippen LogP contribution in [0.1, 0.15) is 6.42 Å². The Morgan fingerprint density at radius 2 is 2.58 bits per heavy atom. The van der Waals surface area contributed by atoms with Crippen LogP contribution in [0.2, 0.25) is 0 Å². The number of methoxy groups -OCH3 is 1. The maximum Gasteiger partial charge on any atom is 0.319 e. The Bertz CT molecular complexity index is 192. The van der Waals surface area contributed by atoms with E-state index in [2.05, 4.69) is 4.74 Å². The van der Waals surface area contributed by atoms with E-state index in [0.29, 0.717) is 6.61 Å². The van der Waals surface area contributed by atoms with Gasteiger partial charge in [0.2, 0.25) is 0 Å². The van der Waals surface area contributed by atoms with Gasteiger partial charge in [-0.25, -0.2) is 0 Å². The summed E-state index contributed by atoms with van der Waals surface area (Å²) in [7, 11) is 1.31. The fourth-order valence-electron chi connectivity index (χ4n) is 0.871. The molecule has 1 unspecified atom stereocenters. The number of hydrogen-bond donors (Lipinski definition) is 0. The molecule has 0 aromatic heterocycles. The molecule has 4 nitrogen and oxygen atoms in total. The molecule has 0 spiro atoms. The highest BCUT2D eigenvalue weighted by molar-refractivity contribution is 8.00. The zero-order valence-corrected chi connectivity index (χ0v) is 7.56. The van der Waals surface area contributed by atoms with Crippen LogP contribution < -0.4 is 0 Å². The van der Waals surface area contributed by atoms with Gasteiger partial charge in [0.25, 0.3) is 0 Å². The Morgan fingerprint density at radius 3 is 3.17 bits per heavy atom. The second kappa shape index (κ2) is 4.35. The van der Waals surface area contributed by atoms with E-state index in [4.69, 9.17) is 4.74 Å². The predicted molar refractivity (Wildman–Crippen MR) is 43.8 cm³/mol. The molecule has 68 valence electrons. The van der Waals surface area contributed by atoms with E-state index >= 15 is 0 Å². The summed E-state index contributed by atoms with van der Waals surface area (Å²) in [5.74, 6) is 0.0796. The lowest BCUT2D eigenvalue weighted by Crippen LogP contribution is -2.29. The number of cyclic esters (lactones) is 1. The molecule has 0 saturated carbocycles. The monoisotopic (exact) mass is 190 g/mol. The van der Waals surface area contributed by atoms with Crippen LogP contribution in [0.5, 0.6) is 0 Å². The molecule has 1 rings (SSSR count). The Labute approximate surface area is 74.6 Å². The van der Waals surface area contributed by atoms with Gasteiger partial charge in [-0.1, -0.05) is 0 Å². The minimum absolute atomic E-state index is 0.111. The van der Waals surface area contributed by atoms with Gasteiger partial charge in [0.05, 0.1) is 13.5 Å². The van der Waals surface area contributed by atoms with Crippen molar-refractivity contribution < 1.29 is 19.1 Å². The summed E-state index contributed by atoms with van der Waals surface area (Å²) >= 11 is 1.44. The molecule has 1 aliphatic rings. The van der Waals surface area contributed by atoms with Crippen LogP contribution >= 0.6 is 11.8 Å². The Kier molecular flexibility index (Phi) is 3.40. The number of ether oxygens (including phenoxy) is 2. The van der Waals surface area contributed by atoms with E-state index in [-0.39, 0.29) is 23.6 Å². The highest BCUT2D eigenvalue weighted by Gasteiger charge is 2.27. The Hall–Kier alpha value is -0.710. The van der Waals surface area contributed by atoms with E-state index < -0.39 is 0 Å². The molecule has 0 N–H and O–H groups in total. The first-order chi connectivity index (χ1) is 5.74. The van der Waals surface area contributed by atoms with Gasteiger partial charge in [0, 0.05) is 5.75 Å². The lowest BCUT2D eigenvalue weighted by Gasteiger charge is -2.19. The molecule has 0 bridgehead atoms. The summed E-state index contributed by atoms with van der Waals surface area (Å²) in [6.45, 7) is 0.446. The van der Waals surface area contributed by atoms with Gasteiger partial charge in [0.1, 0.15) is 11.9 Å². The molecule has 1 heterocycles.